The molecule has 0 saturated heterocycles. The Hall–Kier alpha value is -5.37. The van der Waals surface area contributed by atoms with Gasteiger partial charge >= 0.3 is 11.9 Å². The van der Waals surface area contributed by atoms with Crippen molar-refractivity contribution >= 4 is 47.3 Å². The lowest BCUT2D eigenvalue weighted by Gasteiger charge is -2.41. The Morgan fingerprint density at radius 3 is 2.19 bits per heavy atom. The van der Waals surface area contributed by atoms with Gasteiger partial charge in [0.05, 0.1) is 30.3 Å². The molecule has 3 aromatic rings. The number of carbonyl (C=O) groups excluding carboxylic acids is 4. The predicted molar refractivity (Wildman–Crippen MR) is 212 cm³/mol. The van der Waals surface area contributed by atoms with Crippen molar-refractivity contribution in [2.24, 2.45) is 16.9 Å². The normalized spacial score (nSPS) is 13.4. The number of aliphatic hydroxyl groups is 1. The summed E-state index contributed by atoms with van der Waals surface area (Å²) in [7, 11) is 0. The van der Waals surface area contributed by atoms with Crippen LogP contribution in [-0.2, 0) is 35.3 Å². The molecule has 0 fully saturated rings. The van der Waals surface area contributed by atoms with Crippen LogP contribution >= 0.6 is 11.8 Å². The van der Waals surface area contributed by atoms with Crippen LogP contribution in [0.4, 0.5) is 8.78 Å². The highest BCUT2D eigenvalue weighted by Gasteiger charge is 2.37. The Morgan fingerprint density at radius 1 is 0.897 bits per heavy atom. The van der Waals surface area contributed by atoms with Gasteiger partial charge in [-0.1, -0.05) is 51.1 Å². The van der Waals surface area contributed by atoms with Crippen LogP contribution in [0.3, 0.4) is 0 Å². The molecule has 4 amide bonds. The molecule has 0 spiro atoms. The zero-order valence-corrected chi connectivity index (χ0v) is 33.3. The number of aliphatic hydroxyl groups excluding tert-OH is 1. The first-order chi connectivity index (χ1) is 27.3. The van der Waals surface area contributed by atoms with Crippen LogP contribution in [0.15, 0.2) is 60.8 Å². The van der Waals surface area contributed by atoms with Crippen LogP contribution in [0.25, 0.3) is 11.1 Å². The van der Waals surface area contributed by atoms with E-state index in [0.717, 1.165) is 35.5 Å². The molecular formula is C39H51F2N7O9S. The maximum Gasteiger partial charge on any atom is 0.321 e. The van der Waals surface area contributed by atoms with E-state index >= 15 is 4.39 Å². The largest absolute Gasteiger partial charge is 0.481 e. The number of nitrogens with two attached hydrogens (primary N) is 2. The smallest absolute Gasteiger partial charge is 0.321 e. The van der Waals surface area contributed by atoms with Crippen LogP contribution in [0.5, 0.6) is 0 Å². The van der Waals surface area contributed by atoms with Gasteiger partial charge in [0, 0.05) is 54.9 Å². The Morgan fingerprint density at radius 2 is 1.57 bits per heavy atom. The maximum absolute atomic E-state index is 15.0. The van der Waals surface area contributed by atoms with Crippen LogP contribution in [0.1, 0.15) is 50.9 Å². The SMILES string of the molecule is CC(C)(C)C(c1cc(-c2cc(F)ccc2F)cn1Cc1ccccc1)N(CCC(N)C(=O)NCCNC(=O)CNC(=O)C(CC(=O)O)SC[C@H](N)C(=O)O)C(=O)CO. The first-order valence-electron chi connectivity index (χ1n) is 18.3. The number of hydrogen-bond donors (Lipinski definition) is 8. The molecule has 0 radical (unpaired) electrons. The second-order valence-corrected chi connectivity index (χ2v) is 15.8. The highest BCUT2D eigenvalue weighted by molar-refractivity contribution is 8.00. The van der Waals surface area contributed by atoms with Crippen molar-refractivity contribution in [2.75, 3.05) is 38.5 Å². The van der Waals surface area contributed by atoms with Gasteiger partial charge < -0.3 is 52.2 Å². The summed E-state index contributed by atoms with van der Waals surface area (Å²) >= 11 is 0.736. The van der Waals surface area contributed by atoms with Gasteiger partial charge in [0.25, 0.3) is 0 Å². The number of hydrogen-bond acceptors (Lipinski definition) is 10. The second kappa shape index (κ2) is 22.0. The van der Waals surface area contributed by atoms with Crippen LogP contribution < -0.4 is 27.4 Å². The Balaban J connectivity index is 1.67. The molecule has 0 aliphatic carbocycles. The first-order valence-corrected chi connectivity index (χ1v) is 19.4. The summed E-state index contributed by atoms with van der Waals surface area (Å²) in [5, 5.41) is 34.3. The molecule has 0 aliphatic heterocycles. The molecule has 0 saturated carbocycles. The average Bonchev–Trinajstić information content (AvgIpc) is 3.57. The highest BCUT2D eigenvalue weighted by Crippen LogP contribution is 2.41. The number of nitrogens with zero attached hydrogens (tertiary/aromatic N) is 2. The van der Waals surface area contributed by atoms with E-state index in [1.807, 2.05) is 55.7 Å². The molecule has 2 aromatic carbocycles. The Bertz CT molecular complexity index is 1910. The molecule has 58 heavy (non-hydrogen) atoms. The summed E-state index contributed by atoms with van der Waals surface area (Å²) in [6, 6.07) is 11.0. The number of rotatable bonds is 22. The van der Waals surface area contributed by atoms with Crippen LogP contribution in [0, 0.1) is 17.0 Å². The van der Waals surface area contributed by atoms with Crippen molar-refractivity contribution in [3.05, 3.63) is 83.7 Å². The van der Waals surface area contributed by atoms with E-state index in [1.165, 1.54) is 4.90 Å². The van der Waals surface area contributed by atoms with Crippen LogP contribution in [-0.4, -0.2) is 116 Å². The number of amides is 4. The van der Waals surface area contributed by atoms with E-state index in [1.54, 1.807) is 12.3 Å². The third kappa shape index (κ3) is 14.2. The number of halogens is 2. The van der Waals surface area contributed by atoms with Crippen molar-refractivity contribution in [3.8, 4) is 11.1 Å². The maximum atomic E-state index is 15.0. The highest BCUT2D eigenvalue weighted by atomic mass is 32.2. The molecule has 19 heteroatoms. The second-order valence-electron chi connectivity index (χ2n) is 14.5. The van der Waals surface area contributed by atoms with Gasteiger partial charge in [-0.15, -0.1) is 11.8 Å². The predicted octanol–water partition coefficient (Wildman–Crippen LogP) is 1.44. The van der Waals surface area contributed by atoms with E-state index in [9.17, 15) is 38.3 Å². The number of carboxylic acid groups (broad SMARTS) is 2. The lowest BCUT2D eigenvalue weighted by atomic mass is 9.82. The molecule has 16 nitrogen and oxygen atoms in total. The van der Waals surface area contributed by atoms with E-state index in [0.29, 0.717) is 17.8 Å². The molecule has 0 bridgehead atoms. The molecule has 3 rings (SSSR count). The molecule has 4 atom stereocenters. The molecule has 10 N–H and O–H groups in total. The summed E-state index contributed by atoms with van der Waals surface area (Å²) in [6.45, 7) is 4.40. The van der Waals surface area contributed by atoms with Gasteiger partial charge in [-0.3, -0.25) is 28.8 Å². The summed E-state index contributed by atoms with van der Waals surface area (Å²) in [6.07, 6.45) is 1.02. The summed E-state index contributed by atoms with van der Waals surface area (Å²) in [5.41, 5.74) is 12.8. The molecule has 1 heterocycles. The molecule has 1 aromatic heterocycles. The van der Waals surface area contributed by atoms with E-state index in [2.05, 4.69) is 16.0 Å². The standard InChI is InChI=1S/C39H51F2N7O9S/c1-39(2,3)35(30-15-24(26-16-25(40)9-10-27(26)41)20-47(30)19-23-7-5-4-6-8-23)48(33(51)21-49)14-11-28(42)36(54)45-13-12-44-32(50)18-46-37(55)31(17-34(52)53)58-22-29(43)38(56)57/h4-10,15-16,20,28-29,31,35,49H,11-14,17-19,21-22,42-43H2,1-3H3,(H,44,50)(H,45,54)(H,46,55)(H,52,53)(H,56,57)/t28?,29-,31?,35?/m0/s1. The molecular weight excluding hydrogens is 781 g/mol. The summed E-state index contributed by atoms with van der Waals surface area (Å²) in [5.74, 6) is -6.82. The van der Waals surface area contributed by atoms with Gasteiger partial charge in [0.15, 0.2) is 0 Å². The van der Waals surface area contributed by atoms with Crippen molar-refractivity contribution in [1.29, 1.82) is 0 Å². The van der Waals surface area contributed by atoms with Gasteiger partial charge in [-0.05, 0) is 41.7 Å². The topological polar surface area (TPSA) is 259 Å². The third-order valence-corrected chi connectivity index (χ3v) is 10.2. The zero-order valence-electron chi connectivity index (χ0n) is 32.5. The van der Waals surface area contributed by atoms with E-state index < -0.39 is 95.6 Å². The van der Waals surface area contributed by atoms with Gasteiger partial charge in [-0.25, -0.2) is 8.78 Å². The van der Waals surface area contributed by atoms with Crippen molar-refractivity contribution in [3.63, 3.8) is 0 Å². The number of aromatic nitrogens is 1. The molecule has 3 unspecified atom stereocenters. The Kier molecular flexibility index (Phi) is 17.8. The minimum Gasteiger partial charge on any atom is -0.481 e. The van der Waals surface area contributed by atoms with Gasteiger partial charge in [0.2, 0.25) is 23.6 Å². The number of nitrogens with one attached hydrogen (secondary N) is 3. The fourth-order valence-corrected chi connectivity index (χ4v) is 7.13. The van der Waals surface area contributed by atoms with E-state index in [4.69, 9.17) is 21.7 Å². The minimum absolute atomic E-state index is 0.0273. The minimum atomic E-state index is -1.32. The number of benzene rings is 2. The number of thioether (sulfide) groups is 1. The van der Waals surface area contributed by atoms with Gasteiger partial charge in [-0.2, -0.15) is 0 Å². The number of aliphatic carboxylic acids is 2. The zero-order chi connectivity index (χ0) is 43.2. The first kappa shape index (κ1) is 47.0. The fourth-order valence-electron chi connectivity index (χ4n) is 6.05. The van der Waals surface area contributed by atoms with Crippen molar-refractivity contribution in [2.45, 2.75) is 63.5 Å². The quantitative estimate of drug-likeness (QED) is 0.0670. The van der Waals surface area contributed by atoms with Crippen molar-refractivity contribution in [1.82, 2.24) is 25.4 Å². The Labute approximate surface area is 338 Å². The average molecular weight is 832 g/mol. The van der Waals surface area contributed by atoms with Gasteiger partial charge in [0.1, 0.15) is 24.3 Å². The monoisotopic (exact) mass is 831 g/mol. The fraction of sp³-hybridized carbons (Fsp3) is 0.436. The third-order valence-electron chi connectivity index (χ3n) is 8.87. The number of carbonyl (C=O) groups is 6. The molecule has 316 valence electrons. The van der Waals surface area contributed by atoms with E-state index in [-0.39, 0.29) is 37.4 Å². The van der Waals surface area contributed by atoms with Crippen LogP contribution in [0.2, 0.25) is 0 Å². The molecule has 0 aliphatic rings. The summed E-state index contributed by atoms with van der Waals surface area (Å²) < 4.78 is 31.2. The van der Waals surface area contributed by atoms with Crippen molar-refractivity contribution < 1.29 is 52.9 Å². The lowest BCUT2D eigenvalue weighted by Crippen LogP contribution is -2.48. The summed E-state index contributed by atoms with van der Waals surface area (Å²) in [4.78, 5) is 74.7. The number of carboxylic acids is 2. The lowest BCUT2D eigenvalue weighted by molar-refractivity contribution is -0.140.